The number of nitrogens with zero attached hydrogens (tertiary/aromatic N) is 2. The Morgan fingerprint density at radius 1 is 1.27 bits per heavy atom. The Morgan fingerprint density at radius 2 is 1.80 bits per heavy atom. The van der Waals surface area contributed by atoms with Gasteiger partial charge in [-0.25, -0.2) is 4.39 Å². The summed E-state index contributed by atoms with van der Waals surface area (Å²) >= 11 is 0. The van der Waals surface area contributed by atoms with E-state index >= 15 is 0 Å². The maximum Gasteiger partial charge on any atom is 0.105 e. The molecule has 2 unspecified atom stereocenters. The summed E-state index contributed by atoms with van der Waals surface area (Å²) in [6, 6.07) is 1.74. The fraction of sp³-hybridized carbons (Fsp3) is 1.00. The van der Waals surface area contributed by atoms with E-state index in [2.05, 4.69) is 37.5 Å². The summed E-state index contributed by atoms with van der Waals surface area (Å²) < 4.78 is 12.7. The normalized spacial score (nSPS) is 28.6. The average Bonchev–Trinajstić information content (AvgIpc) is 2.45. The van der Waals surface area contributed by atoms with Crippen molar-refractivity contribution in [1.29, 1.82) is 0 Å². The lowest BCUT2D eigenvalue weighted by atomic mass is 10.1. The Morgan fingerprint density at radius 3 is 2.13 bits per heavy atom. The summed E-state index contributed by atoms with van der Waals surface area (Å²) in [6.07, 6.45) is 0.976. The van der Waals surface area contributed by atoms with Gasteiger partial charge < -0.3 is 0 Å². The third-order valence-corrected chi connectivity index (χ3v) is 3.46. The molecular formula is C12H25FN2. The summed E-state index contributed by atoms with van der Waals surface area (Å²) in [5.41, 5.74) is 0. The Bertz CT molecular complexity index is 186. The van der Waals surface area contributed by atoms with Crippen molar-refractivity contribution in [3.63, 3.8) is 0 Å². The van der Waals surface area contributed by atoms with Gasteiger partial charge in [0.1, 0.15) is 6.67 Å². The zero-order chi connectivity index (χ0) is 11.6. The second-order valence-electron chi connectivity index (χ2n) is 5.27. The third-order valence-electron chi connectivity index (χ3n) is 3.46. The van der Waals surface area contributed by atoms with Crippen molar-refractivity contribution in [1.82, 2.24) is 9.80 Å². The van der Waals surface area contributed by atoms with E-state index in [-0.39, 0.29) is 12.7 Å². The van der Waals surface area contributed by atoms with Gasteiger partial charge in [0, 0.05) is 30.7 Å². The van der Waals surface area contributed by atoms with Crippen LogP contribution in [0.4, 0.5) is 4.39 Å². The summed E-state index contributed by atoms with van der Waals surface area (Å²) in [7, 11) is 2.03. The molecule has 0 amide bonds. The molecule has 2 atom stereocenters. The number of hydrogen-bond donors (Lipinski definition) is 0. The topological polar surface area (TPSA) is 6.48 Å². The van der Waals surface area contributed by atoms with Crippen LogP contribution in [0.25, 0.3) is 0 Å². The minimum atomic E-state index is -0.211. The molecule has 2 nitrogen and oxygen atoms in total. The van der Waals surface area contributed by atoms with E-state index in [1.54, 1.807) is 0 Å². The van der Waals surface area contributed by atoms with E-state index in [4.69, 9.17) is 0 Å². The van der Waals surface area contributed by atoms with Gasteiger partial charge in [-0.15, -0.1) is 0 Å². The number of likely N-dealkylation sites (N-methyl/N-ethyl adjacent to an activating group) is 1. The SMILES string of the molecule is CC(C)N(C(C)C)C1CC(CF)N(C)C1. The highest BCUT2D eigenvalue weighted by Crippen LogP contribution is 2.24. The molecule has 90 valence electrons. The number of likely N-dealkylation sites (tertiary alicyclic amines) is 1. The molecule has 0 bridgehead atoms. The fourth-order valence-electron chi connectivity index (χ4n) is 2.89. The quantitative estimate of drug-likeness (QED) is 0.710. The van der Waals surface area contributed by atoms with E-state index in [9.17, 15) is 4.39 Å². The van der Waals surface area contributed by atoms with Crippen molar-refractivity contribution in [3.8, 4) is 0 Å². The van der Waals surface area contributed by atoms with Gasteiger partial charge >= 0.3 is 0 Å². The fourth-order valence-corrected chi connectivity index (χ4v) is 2.89. The van der Waals surface area contributed by atoms with Gasteiger partial charge in [0.2, 0.25) is 0 Å². The molecular weight excluding hydrogens is 191 g/mol. The number of hydrogen-bond acceptors (Lipinski definition) is 2. The molecule has 1 aliphatic heterocycles. The van der Waals surface area contributed by atoms with Crippen molar-refractivity contribution >= 4 is 0 Å². The number of halogens is 1. The monoisotopic (exact) mass is 216 g/mol. The van der Waals surface area contributed by atoms with E-state index in [0.717, 1.165) is 13.0 Å². The van der Waals surface area contributed by atoms with Gasteiger partial charge in [-0.05, 0) is 41.2 Å². The van der Waals surface area contributed by atoms with Crippen molar-refractivity contribution < 1.29 is 4.39 Å². The smallest absolute Gasteiger partial charge is 0.105 e. The highest BCUT2D eigenvalue weighted by molar-refractivity contribution is 4.91. The van der Waals surface area contributed by atoms with Crippen LogP contribution in [-0.4, -0.2) is 54.2 Å². The number of alkyl halides is 1. The molecule has 0 aromatic heterocycles. The van der Waals surface area contributed by atoms with Gasteiger partial charge in [-0.1, -0.05) is 0 Å². The Labute approximate surface area is 93.4 Å². The standard InChI is InChI=1S/C12H25FN2/c1-9(2)15(10(3)4)12-6-11(7-13)14(5)8-12/h9-12H,6-8H2,1-5H3. The summed E-state index contributed by atoms with van der Waals surface area (Å²) in [5, 5.41) is 0. The van der Waals surface area contributed by atoms with Gasteiger partial charge in [-0.3, -0.25) is 9.80 Å². The molecule has 0 aromatic rings. The molecule has 0 aromatic carbocycles. The zero-order valence-corrected chi connectivity index (χ0v) is 10.7. The van der Waals surface area contributed by atoms with Crippen LogP contribution in [-0.2, 0) is 0 Å². The first-order valence-electron chi connectivity index (χ1n) is 6.01. The third kappa shape index (κ3) is 2.91. The second-order valence-corrected chi connectivity index (χ2v) is 5.27. The lowest BCUT2D eigenvalue weighted by molar-refractivity contribution is 0.116. The lowest BCUT2D eigenvalue weighted by Crippen LogP contribution is -2.46. The van der Waals surface area contributed by atoms with E-state index in [0.29, 0.717) is 18.1 Å². The lowest BCUT2D eigenvalue weighted by Gasteiger charge is -2.36. The first-order valence-corrected chi connectivity index (χ1v) is 6.01. The largest absolute Gasteiger partial charge is 0.299 e. The van der Waals surface area contributed by atoms with Crippen molar-refractivity contribution in [2.24, 2.45) is 0 Å². The molecule has 0 aliphatic carbocycles. The molecule has 1 fully saturated rings. The minimum absolute atomic E-state index is 0.134. The molecule has 0 N–H and O–H groups in total. The molecule has 1 rings (SSSR count). The molecule has 1 aliphatic rings. The van der Waals surface area contributed by atoms with E-state index in [1.807, 2.05) is 7.05 Å². The van der Waals surface area contributed by atoms with Gasteiger partial charge in [0.05, 0.1) is 0 Å². The number of rotatable bonds is 4. The summed E-state index contributed by atoms with van der Waals surface area (Å²) in [6.45, 7) is 9.69. The molecule has 1 heterocycles. The zero-order valence-electron chi connectivity index (χ0n) is 10.7. The van der Waals surface area contributed by atoms with Crippen molar-refractivity contribution in [2.75, 3.05) is 20.3 Å². The van der Waals surface area contributed by atoms with Crippen molar-refractivity contribution in [3.05, 3.63) is 0 Å². The van der Waals surface area contributed by atoms with Gasteiger partial charge in [-0.2, -0.15) is 0 Å². The van der Waals surface area contributed by atoms with Crippen LogP contribution in [0.1, 0.15) is 34.1 Å². The molecule has 0 saturated carbocycles. The average molecular weight is 216 g/mol. The van der Waals surface area contributed by atoms with Crippen LogP contribution in [0.3, 0.4) is 0 Å². The molecule has 15 heavy (non-hydrogen) atoms. The van der Waals surface area contributed by atoms with Crippen LogP contribution in [0.5, 0.6) is 0 Å². The van der Waals surface area contributed by atoms with Crippen LogP contribution in [0.15, 0.2) is 0 Å². The van der Waals surface area contributed by atoms with Crippen LogP contribution >= 0.6 is 0 Å². The minimum Gasteiger partial charge on any atom is -0.299 e. The van der Waals surface area contributed by atoms with Crippen LogP contribution in [0.2, 0.25) is 0 Å². The highest BCUT2D eigenvalue weighted by atomic mass is 19.1. The van der Waals surface area contributed by atoms with Gasteiger partial charge in [0.15, 0.2) is 0 Å². The molecule has 0 radical (unpaired) electrons. The Hall–Kier alpha value is -0.150. The Balaban J connectivity index is 2.63. The predicted molar refractivity (Wildman–Crippen MR) is 62.9 cm³/mol. The van der Waals surface area contributed by atoms with Gasteiger partial charge in [0.25, 0.3) is 0 Å². The second kappa shape index (κ2) is 5.26. The maximum atomic E-state index is 12.7. The maximum absolute atomic E-state index is 12.7. The van der Waals surface area contributed by atoms with Crippen LogP contribution < -0.4 is 0 Å². The molecule has 1 saturated heterocycles. The summed E-state index contributed by atoms with van der Waals surface area (Å²) in [4.78, 5) is 4.66. The molecule has 3 heteroatoms. The summed E-state index contributed by atoms with van der Waals surface area (Å²) in [5.74, 6) is 0. The first kappa shape index (κ1) is 12.9. The van der Waals surface area contributed by atoms with E-state index in [1.165, 1.54) is 0 Å². The van der Waals surface area contributed by atoms with E-state index < -0.39 is 0 Å². The first-order chi connectivity index (χ1) is 6.97. The predicted octanol–water partition coefficient (Wildman–Crippen LogP) is 2.15. The highest BCUT2D eigenvalue weighted by Gasteiger charge is 2.34. The van der Waals surface area contributed by atoms with Crippen molar-refractivity contribution in [2.45, 2.75) is 58.3 Å². The van der Waals surface area contributed by atoms with Crippen LogP contribution in [0, 0.1) is 0 Å². The Kier molecular flexibility index (Phi) is 4.53. The molecule has 0 spiro atoms.